The predicted octanol–water partition coefficient (Wildman–Crippen LogP) is 2.39. The van der Waals surface area contributed by atoms with Gasteiger partial charge in [0.25, 0.3) is 5.56 Å². The molecule has 0 saturated heterocycles. The highest BCUT2D eigenvalue weighted by Gasteiger charge is 2.13. The Labute approximate surface area is 117 Å². The Morgan fingerprint density at radius 2 is 1.90 bits per heavy atom. The molecule has 104 valence electrons. The second-order valence-corrected chi connectivity index (χ2v) is 4.93. The molecule has 1 aromatic carbocycles. The second kappa shape index (κ2) is 5.74. The van der Waals surface area contributed by atoms with E-state index >= 15 is 0 Å². The first-order chi connectivity index (χ1) is 9.49. The number of carboxylic acid groups (broad SMARTS) is 1. The van der Waals surface area contributed by atoms with E-state index in [-0.39, 0.29) is 5.56 Å². The number of benzene rings is 1. The number of hydrogen-bond donors (Lipinski definition) is 1. The first-order valence-electron chi connectivity index (χ1n) is 6.46. The minimum Gasteiger partial charge on any atom is -0.481 e. The zero-order chi connectivity index (χ0) is 14.7. The lowest BCUT2D eigenvalue weighted by Gasteiger charge is -2.09. The van der Waals surface area contributed by atoms with Crippen LogP contribution in [0.2, 0.25) is 0 Å². The summed E-state index contributed by atoms with van der Waals surface area (Å²) in [7, 11) is 0. The van der Waals surface area contributed by atoms with Gasteiger partial charge in [-0.1, -0.05) is 30.3 Å². The average Bonchev–Trinajstić information content (AvgIpc) is 2.44. The number of pyridine rings is 1. The SMILES string of the molecule is Cc1cccn(Cc2ccc(C(C)C(=O)O)cc2)c1=O. The van der Waals surface area contributed by atoms with Crippen molar-refractivity contribution in [2.75, 3.05) is 0 Å². The summed E-state index contributed by atoms with van der Waals surface area (Å²) in [6.07, 6.45) is 1.75. The largest absolute Gasteiger partial charge is 0.481 e. The third kappa shape index (κ3) is 2.96. The van der Waals surface area contributed by atoms with E-state index in [9.17, 15) is 9.59 Å². The maximum atomic E-state index is 11.9. The fourth-order valence-electron chi connectivity index (χ4n) is 2.03. The quantitative estimate of drug-likeness (QED) is 0.928. The number of carboxylic acids is 1. The lowest BCUT2D eigenvalue weighted by atomic mass is 10.00. The van der Waals surface area contributed by atoms with Crippen molar-refractivity contribution in [3.63, 3.8) is 0 Å². The summed E-state index contributed by atoms with van der Waals surface area (Å²) in [4.78, 5) is 22.8. The predicted molar refractivity (Wildman–Crippen MR) is 77.0 cm³/mol. The average molecular weight is 271 g/mol. The first-order valence-corrected chi connectivity index (χ1v) is 6.46. The molecule has 1 unspecified atom stereocenters. The molecule has 2 rings (SSSR count). The van der Waals surface area contributed by atoms with Gasteiger partial charge >= 0.3 is 5.97 Å². The number of aryl methyl sites for hydroxylation is 1. The third-order valence-corrected chi connectivity index (χ3v) is 3.41. The number of aromatic nitrogens is 1. The van der Waals surface area contributed by atoms with E-state index in [1.165, 1.54) is 0 Å². The molecule has 1 atom stereocenters. The number of rotatable bonds is 4. The van der Waals surface area contributed by atoms with E-state index in [1.807, 2.05) is 18.2 Å². The van der Waals surface area contributed by atoms with Crippen LogP contribution in [0.1, 0.15) is 29.5 Å². The molecule has 1 aromatic heterocycles. The molecule has 1 heterocycles. The van der Waals surface area contributed by atoms with Gasteiger partial charge in [0, 0.05) is 11.8 Å². The topological polar surface area (TPSA) is 59.3 Å². The Bertz CT molecular complexity index is 671. The summed E-state index contributed by atoms with van der Waals surface area (Å²) in [6, 6.07) is 11.0. The van der Waals surface area contributed by atoms with Crippen LogP contribution in [0, 0.1) is 6.92 Å². The van der Waals surface area contributed by atoms with Crippen molar-refractivity contribution < 1.29 is 9.90 Å². The number of aliphatic carboxylic acids is 1. The molecule has 0 fully saturated rings. The zero-order valence-electron chi connectivity index (χ0n) is 11.5. The molecule has 4 heteroatoms. The molecular weight excluding hydrogens is 254 g/mol. The van der Waals surface area contributed by atoms with Gasteiger partial charge in [0.15, 0.2) is 0 Å². The second-order valence-electron chi connectivity index (χ2n) is 4.93. The van der Waals surface area contributed by atoms with Gasteiger partial charge in [-0.3, -0.25) is 9.59 Å². The van der Waals surface area contributed by atoms with Gasteiger partial charge in [-0.25, -0.2) is 0 Å². The van der Waals surface area contributed by atoms with Crippen LogP contribution in [0.15, 0.2) is 47.4 Å². The Kier molecular flexibility index (Phi) is 4.03. The summed E-state index contributed by atoms with van der Waals surface area (Å²) >= 11 is 0. The Balaban J connectivity index is 2.21. The van der Waals surface area contributed by atoms with Crippen LogP contribution in [0.25, 0.3) is 0 Å². The van der Waals surface area contributed by atoms with Gasteiger partial charge in [-0.2, -0.15) is 0 Å². The van der Waals surface area contributed by atoms with E-state index < -0.39 is 11.9 Å². The van der Waals surface area contributed by atoms with Crippen molar-refractivity contribution in [2.24, 2.45) is 0 Å². The van der Waals surface area contributed by atoms with Gasteiger partial charge in [0.2, 0.25) is 0 Å². The molecule has 0 aliphatic heterocycles. The lowest BCUT2D eigenvalue weighted by molar-refractivity contribution is -0.138. The number of hydrogen-bond acceptors (Lipinski definition) is 2. The highest BCUT2D eigenvalue weighted by molar-refractivity contribution is 5.75. The van der Waals surface area contributed by atoms with E-state index in [2.05, 4.69) is 0 Å². The molecule has 4 nitrogen and oxygen atoms in total. The molecule has 0 saturated carbocycles. The van der Waals surface area contributed by atoms with Gasteiger partial charge in [-0.05, 0) is 31.0 Å². The van der Waals surface area contributed by atoms with Crippen molar-refractivity contribution >= 4 is 5.97 Å². The standard InChI is InChI=1S/C16H17NO3/c1-11-4-3-9-17(15(11)18)10-13-5-7-14(8-6-13)12(2)16(19)20/h3-9,12H,10H2,1-2H3,(H,19,20). The summed E-state index contributed by atoms with van der Waals surface area (Å²) in [5.74, 6) is -1.36. The molecule has 20 heavy (non-hydrogen) atoms. The highest BCUT2D eigenvalue weighted by Crippen LogP contribution is 2.16. The van der Waals surface area contributed by atoms with Gasteiger partial charge < -0.3 is 9.67 Å². The lowest BCUT2D eigenvalue weighted by Crippen LogP contribution is -2.21. The van der Waals surface area contributed by atoms with Crippen LogP contribution in [0.4, 0.5) is 0 Å². The summed E-state index contributed by atoms with van der Waals surface area (Å²) in [5, 5.41) is 8.96. The fourth-order valence-corrected chi connectivity index (χ4v) is 2.03. The van der Waals surface area contributed by atoms with Gasteiger partial charge in [0.05, 0.1) is 12.5 Å². The normalized spacial score (nSPS) is 12.1. The van der Waals surface area contributed by atoms with Crippen molar-refractivity contribution in [1.82, 2.24) is 4.57 Å². The van der Waals surface area contributed by atoms with Crippen molar-refractivity contribution in [3.8, 4) is 0 Å². The smallest absolute Gasteiger partial charge is 0.310 e. The molecule has 1 N–H and O–H groups in total. The summed E-state index contributed by atoms with van der Waals surface area (Å²) in [5.41, 5.74) is 2.44. The van der Waals surface area contributed by atoms with E-state index in [4.69, 9.17) is 5.11 Å². The maximum Gasteiger partial charge on any atom is 0.310 e. The van der Waals surface area contributed by atoms with E-state index in [0.29, 0.717) is 12.1 Å². The Hall–Kier alpha value is -2.36. The Morgan fingerprint density at radius 3 is 2.50 bits per heavy atom. The number of carbonyl (C=O) groups is 1. The molecule has 0 bridgehead atoms. The molecule has 2 aromatic rings. The monoisotopic (exact) mass is 271 g/mol. The van der Waals surface area contributed by atoms with Crippen LogP contribution in [0.3, 0.4) is 0 Å². The summed E-state index contributed by atoms with van der Waals surface area (Å²) in [6.45, 7) is 3.93. The zero-order valence-corrected chi connectivity index (χ0v) is 11.5. The molecule has 0 amide bonds. The van der Waals surface area contributed by atoms with Gasteiger partial charge in [0.1, 0.15) is 0 Å². The van der Waals surface area contributed by atoms with E-state index in [0.717, 1.165) is 11.1 Å². The van der Waals surface area contributed by atoms with Crippen LogP contribution in [-0.4, -0.2) is 15.6 Å². The molecule has 0 spiro atoms. The molecular formula is C16H17NO3. The van der Waals surface area contributed by atoms with E-state index in [1.54, 1.807) is 42.8 Å². The minimum atomic E-state index is -0.840. The van der Waals surface area contributed by atoms with Crippen LogP contribution in [-0.2, 0) is 11.3 Å². The summed E-state index contributed by atoms with van der Waals surface area (Å²) < 4.78 is 1.64. The van der Waals surface area contributed by atoms with Crippen LogP contribution >= 0.6 is 0 Å². The molecule has 0 aliphatic rings. The molecule has 0 radical (unpaired) electrons. The van der Waals surface area contributed by atoms with Crippen LogP contribution < -0.4 is 5.56 Å². The van der Waals surface area contributed by atoms with Gasteiger partial charge in [-0.15, -0.1) is 0 Å². The maximum absolute atomic E-state index is 11.9. The minimum absolute atomic E-state index is 0.00418. The molecule has 0 aliphatic carbocycles. The fraction of sp³-hybridized carbons (Fsp3) is 0.250. The van der Waals surface area contributed by atoms with Crippen molar-refractivity contribution in [2.45, 2.75) is 26.3 Å². The highest BCUT2D eigenvalue weighted by atomic mass is 16.4. The van der Waals surface area contributed by atoms with Crippen molar-refractivity contribution in [3.05, 3.63) is 69.6 Å². The van der Waals surface area contributed by atoms with Crippen molar-refractivity contribution in [1.29, 1.82) is 0 Å². The Morgan fingerprint density at radius 1 is 1.25 bits per heavy atom. The number of nitrogens with zero attached hydrogens (tertiary/aromatic N) is 1. The third-order valence-electron chi connectivity index (χ3n) is 3.41. The van der Waals surface area contributed by atoms with Crippen LogP contribution in [0.5, 0.6) is 0 Å². The first kappa shape index (κ1) is 14.1.